The zero-order chi connectivity index (χ0) is 14.2. The van der Waals surface area contributed by atoms with Crippen molar-refractivity contribution in [1.82, 2.24) is 10.6 Å². The lowest BCUT2D eigenvalue weighted by molar-refractivity contribution is -0.123. The monoisotopic (exact) mass is 336 g/mol. The van der Waals surface area contributed by atoms with Crippen molar-refractivity contribution in [1.29, 1.82) is 0 Å². The molecule has 108 valence electrons. The Morgan fingerprint density at radius 2 is 2.10 bits per heavy atom. The molecular weight excluding hydrogens is 316 g/mol. The van der Waals surface area contributed by atoms with Crippen LogP contribution in [0.15, 0.2) is 28.7 Å². The van der Waals surface area contributed by atoms with E-state index in [4.69, 9.17) is 0 Å². The van der Waals surface area contributed by atoms with Crippen LogP contribution in [0, 0.1) is 0 Å². The fourth-order valence-electron chi connectivity index (χ4n) is 3.56. The summed E-state index contributed by atoms with van der Waals surface area (Å²) in [6, 6.07) is 9.02. The van der Waals surface area contributed by atoms with Crippen LogP contribution in [0.1, 0.15) is 50.6 Å². The van der Waals surface area contributed by atoms with Gasteiger partial charge in [-0.1, -0.05) is 40.5 Å². The predicted octanol–water partition coefficient (Wildman–Crippen LogP) is 3.30. The van der Waals surface area contributed by atoms with Gasteiger partial charge in [-0.05, 0) is 37.8 Å². The number of benzene rings is 1. The van der Waals surface area contributed by atoms with Crippen LogP contribution in [0.25, 0.3) is 0 Å². The van der Waals surface area contributed by atoms with Gasteiger partial charge in [-0.2, -0.15) is 0 Å². The van der Waals surface area contributed by atoms with Crippen molar-refractivity contribution in [2.45, 2.75) is 56.7 Å². The van der Waals surface area contributed by atoms with Gasteiger partial charge < -0.3 is 10.6 Å². The zero-order valence-corrected chi connectivity index (χ0v) is 13.4. The number of nitrogens with one attached hydrogen (secondary N) is 2. The molecule has 2 aliphatic heterocycles. The van der Waals surface area contributed by atoms with E-state index in [2.05, 4.69) is 51.7 Å². The molecule has 20 heavy (non-hydrogen) atoms. The molecule has 2 fully saturated rings. The van der Waals surface area contributed by atoms with E-state index in [0.29, 0.717) is 18.5 Å². The molecule has 3 atom stereocenters. The third-order valence-corrected chi connectivity index (χ3v) is 5.37. The molecule has 0 unspecified atom stereocenters. The average Bonchev–Trinajstić information content (AvgIpc) is 2.69. The van der Waals surface area contributed by atoms with E-state index in [1.165, 1.54) is 5.56 Å². The van der Waals surface area contributed by atoms with Crippen LogP contribution in [-0.2, 0) is 4.79 Å². The molecule has 2 saturated heterocycles. The molecule has 1 aromatic rings. The number of rotatable bonds is 1. The van der Waals surface area contributed by atoms with Crippen LogP contribution in [0.5, 0.6) is 0 Å². The molecule has 0 spiro atoms. The van der Waals surface area contributed by atoms with Crippen LogP contribution in [0.3, 0.4) is 0 Å². The first-order valence-corrected chi connectivity index (χ1v) is 8.19. The lowest BCUT2D eigenvalue weighted by Gasteiger charge is -2.34. The van der Waals surface area contributed by atoms with E-state index in [9.17, 15) is 4.79 Å². The molecule has 0 saturated carbocycles. The number of carbonyl (C=O) groups excluding carboxylic acids is 1. The lowest BCUT2D eigenvalue weighted by Crippen LogP contribution is -2.54. The fraction of sp³-hybridized carbons (Fsp3) is 0.562. The number of hydrogen-bond acceptors (Lipinski definition) is 2. The highest BCUT2D eigenvalue weighted by molar-refractivity contribution is 9.10. The Balaban J connectivity index is 1.85. The first-order valence-electron chi connectivity index (χ1n) is 7.40. The smallest absolute Gasteiger partial charge is 0.220 e. The summed E-state index contributed by atoms with van der Waals surface area (Å²) in [6.07, 6.45) is 4.88. The van der Waals surface area contributed by atoms with Crippen molar-refractivity contribution in [3.05, 3.63) is 34.3 Å². The van der Waals surface area contributed by atoms with Crippen molar-refractivity contribution < 1.29 is 4.79 Å². The van der Waals surface area contributed by atoms with Gasteiger partial charge in [0.1, 0.15) is 0 Å². The van der Waals surface area contributed by atoms with Crippen LogP contribution >= 0.6 is 15.9 Å². The number of carbonyl (C=O) groups is 1. The highest BCUT2D eigenvalue weighted by atomic mass is 79.9. The first kappa shape index (κ1) is 14.1. The molecule has 3 nitrogen and oxygen atoms in total. The molecule has 2 N–H and O–H groups in total. The molecule has 3 rings (SSSR count). The summed E-state index contributed by atoms with van der Waals surface area (Å²) in [7, 11) is 0. The van der Waals surface area contributed by atoms with E-state index in [-0.39, 0.29) is 11.4 Å². The quantitative estimate of drug-likeness (QED) is 0.826. The second kappa shape index (κ2) is 5.49. The summed E-state index contributed by atoms with van der Waals surface area (Å²) in [5, 5.41) is 6.99. The summed E-state index contributed by atoms with van der Waals surface area (Å²) < 4.78 is 1.14. The molecule has 0 radical (unpaired) electrons. The normalized spacial score (nSPS) is 34.0. The Bertz CT molecular complexity index is 519. The van der Waals surface area contributed by atoms with Crippen LogP contribution in [0.4, 0.5) is 0 Å². The third kappa shape index (κ3) is 2.63. The Morgan fingerprint density at radius 3 is 2.90 bits per heavy atom. The minimum atomic E-state index is -0.128. The van der Waals surface area contributed by atoms with Gasteiger partial charge in [-0.25, -0.2) is 0 Å². The Kier molecular flexibility index (Phi) is 3.87. The van der Waals surface area contributed by atoms with E-state index >= 15 is 0 Å². The SMILES string of the molecule is C[C@]12C[C@@H](c3ccccc3Br)N[C@H]1CCCCC(=O)N2. The Morgan fingerprint density at radius 1 is 1.30 bits per heavy atom. The molecule has 1 amide bonds. The van der Waals surface area contributed by atoms with E-state index in [1.807, 2.05) is 6.07 Å². The molecule has 0 bridgehead atoms. The largest absolute Gasteiger partial charge is 0.349 e. The number of hydrogen-bond donors (Lipinski definition) is 2. The van der Waals surface area contributed by atoms with Gasteiger partial charge in [0.2, 0.25) is 5.91 Å². The third-order valence-electron chi connectivity index (χ3n) is 4.65. The highest BCUT2D eigenvalue weighted by Gasteiger charge is 2.45. The number of halogens is 1. The van der Waals surface area contributed by atoms with Gasteiger partial charge in [0.25, 0.3) is 0 Å². The Hall–Kier alpha value is -0.870. The van der Waals surface area contributed by atoms with Gasteiger partial charge in [-0.15, -0.1) is 0 Å². The van der Waals surface area contributed by atoms with Gasteiger partial charge in [-0.3, -0.25) is 4.79 Å². The second-order valence-electron chi connectivity index (χ2n) is 6.21. The molecular formula is C16H21BrN2O. The van der Waals surface area contributed by atoms with E-state index in [1.54, 1.807) is 0 Å². The fourth-order valence-corrected chi connectivity index (χ4v) is 4.13. The zero-order valence-electron chi connectivity index (χ0n) is 11.8. The summed E-state index contributed by atoms with van der Waals surface area (Å²) in [6.45, 7) is 2.19. The molecule has 4 heteroatoms. The van der Waals surface area contributed by atoms with Gasteiger partial charge >= 0.3 is 0 Å². The van der Waals surface area contributed by atoms with Crippen molar-refractivity contribution in [3.63, 3.8) is 0 Å². The topological polar surface area (TPSA) is 41.1 Å². The summed E-state index contributed by atoms with van der Waals surface area (Å²) in [4.78, 5) is 11.9. The summed E-state index contributed by atoms with van der Waals surface area (Å²) in [5.41, 5.74) is 1.16. The maximum absolute atomic E-state index is 11.9. The molecule has 0 aromatic heterocycles. The molecule has 1 aromatic carbocycles. The average molecular weight is 337 g/mol. The van der Waals surface area contributed by atoms with Gasteiger partial charge in [0.15, 0.2) is 0 Å². The maximum atomic E-state index is 11.9. The van der Waals surface area contributed by atoms with Crippen molar-refractivity contribution in [3.8, 4) is 0 Å². The first-order chi connectivity index (χ1) is 9.58. The van der Waals surface area contributed by atoms with Crippen LogP contribution in [0.2, 0.25) is 0 Å². The Labute approximate surface area is 128 Å². The summed E-state index contributed by atoms with van der Waals surface area (Å²) >= 11 is 3.64. The number of amides is 1. The molecule has 2 aliphatic rings. The van der Waals surface area contributed by atoms with Crippen LogP contribution in [-0.4, -0.2) is 17.5 Å². The summed E-state index contributed by atoms with van der Waals surface area (Å²) in [5.74, 6) is 0.201. The van der Waals surface area contributed by atoms with Crippen molar-refractivity contribution >= 4 is 21.8 Å². The van der Waals surface area contributed by atoms with E-state index < -0.39 is 0 Å². The predicted molar refractivity (Wildman–Crippen MR) is 83.4 cm³/mol. The number of fused-ring (bicyclic) bond motifs is 1. The molecule has 2 heterocycles. The van der Waals surface area contributed by atoms with Crippen LogP contribution < -0.4 is 10.6 Å². The van der Waals surface area contributed by atoms with Crippen molar-refractivity contribution in [2.75, 3.05) is 0 Å². The highest BCUT2D eigenvalue weighted by Crippen LogP contribution is 2.39. The maximum Gasteiger partial charge on any atom is 0.220 e. The van der Waals surface area contributed by atoms with Gasteiger partial charge in [0.05, 0.1) is 5.54 Å². The molecule has 0 aliphatic carbocycles. The van der Waals surface area contributed by atoms with Gasteiger partial charge in [0, 0.05) is 23.0 Å². The standard InChI is InChI=1S/C16H21BrN2O/c1-16-10-13(11-6-2-3-7-12(11)17)18-14(16)8-4-5-9-15(20)19-16/h2-3,6-7,13-14,18H,4-5,8-10H2,1H3,(H,19,20)/t13-,14-,16-/m0/s1. The minimum absolute atomic E-state index is 0.128. The van der Waals surface area contributed by atoms with Crippen molar-refractivity contribution in [2.24, 2.45) is 0 Å². The second-order valence-corrected chi connectivity index (χ2v) is 7.06. The van der Waals surface area contributed by atoms with E-state index in [0.717, 1.165) is 30.2 Å². The minimum Gasteiger partial charge on any atom is -0.349 e. The lowest BCUT2D eigenvalue weighted by atomic mass is 9.85.